The van der Waals surface area contributed by atoms with Gasteiger partial charge in [0.15, 0.2) is 11.5 Å². The first kappa shape index (κ1) is 22.7. The smallest absolute Gasteiger partial charge is 0.311 e. The first-order chi connectivity index (χ1) is 14.5. The molecular formula is C18H22ClN7O4S. The van der Waals surface area contributed by atoms with Crippen LogP contribution in [0, 0.1) is 0 Å². The van der Waals surface area contributed by atoms with E-state index in [1.807, 2.05) is 11.2 Å². The minimum Gasteiger partial charge on any atom is -0.493 e. The number of nitrogens with zero attached hydrogens (tertiary/aromatic N) is 6. The van der Waals surface area contributed by atoms with Gasteiger partial charge in [0.05, 0.1) is 19.7 Å². The third kappa shape index (κ3) is 4.39. The Hall–Kier alpha value is -2.99. The second-order valence-electron chi connectivity index (χ2n) is 6.49. The number of piperazine rings is 1. The molecule has 0 radical (unpaired) electrons. The molecule has 0 saturated carbocycles. The maximum Gasteiger partial charge on any atom is 0.311 e. The molecule has 0 unspecified atom stereocenters. The van der Waals surface area contributed by atoms with Gasteiger partial charge in [-0.2, -0.15) is 4.98 Å². The van der Waals surface area contributed by atoms with Crippen LogP contribution in [0.1, 0.15) is 10.7 Å². The molecule has 0 aliphatic carbocycles. The summed E-state index contributed by atoms with van der Waals surface area (Å²) in [6.45, 7) is 2.05. The largest absolute Gasteiger partial charge is 0.493 e. The zero-order valence-electron chi connectivity index (χ0n) is 17.2. The summed E-state index contributed by atoms with van der Waals surface area (Å²) in [6, 6.07) is 3.53. The van der Waals surface area contributed by atoms with E-state index in [2.05, 4.69) is 20.2 Å². The number of carbonyl (C=O) groups excluding carboxylic acids is 1. The number of hydrogen-bond acceptors (Lipinski definition) is 11. The Morgan fingerprint density at radius 1 is 1.10 bits per heavy atom. The minimum absolute atomic E-state index is 0. The highest BCUT2D eigenvalue weighted by atomic mass is 35.5. The molecule has 1 fully saturated rings. The lowest BCUT2D eigenvalue weighted by Gasteiger charge is -2.34. The van der Waals surface area contributed by atoms with Crippen LogP contribution in [0.5, 0.6) is 11.5 Å². The molecule has 2 aromatic heterocycles. The van der Waals surface area contributed by atoms with Gasteiger partial charge in [-0.25, -0.2) is 4.98 Å². The fourth-order valence-corrected chi connectivity index (χ4v) is 3.52. The van der Waals surface area contributed by atoms with E-state index in [0.29, 0.717) is 65.6 Å². The number of fused-ring (bicyclic) bond motifs is 1. The van der Waals surface area contributed by atoms with Gasteiger partial charge in [0.1, 0.15) is 5.82 Å². The number of thioether (sulfide) groups is 1. The fourth-order valence-electron chi connectivity index (χ4n) is 3.23. The first-order valence-corrected chi connectivity index (χ1v) is 10.4. The minimum atomic E-state index is -0.279. The van der Waals surface area contributed by atoms with Crippen LogP contribution in [0.25, 0.3) is 10.9 Å². The number of anilines is 2. The van der Waals surface area contributed by atoms with Crippen LogP contribution >= 0.6 is 24.2 Å². The predicted octanol–water partition coefficient (Wildman–Crippen LogP) is 1.72. The van der Waals surface area contributed by atoms with Gasteiger partial charge in [-0.15, -0.1) is 22.6 Å². The average molecular weight is 468 g/mol. The molecule has 1 aliphatic heterocycles. The van der Waals surface area contributed by atoms with Crippen LogP contribution < -0.4 is 20.1 Å². The van der Waals surface area contributed by atoms with Gasteiger partial charge in [0.2, 0.25) is 5.95 Å². The summed E-state index contributed by atoms with van der Waals surface area (Å²) in [7, 11) is 3.13. The van der Waals surface area contributed by atoms with Gasteiger partial charge >= 0.3 is 11.8 Å². The number of ether oxygens (including phenoxy) is 2. The number of halogens is 1. The second-order valence-corrected chi connectivity index (χ2v) is 7.25. The van der Waals surface area contributed by atoms with E-state index < -0.39 is 0 Å². The molecular weight excluding hydrogens is 446 g/mol. The molecule has 3 aromatic rings. The van der Waals surface area contributed by atoms with Crippen molar-refractivity contribution in [1.29, 1.82) is 0 Å². The van der Waals surface area contributed by atoms with Crippen molar-refractivity contribution in [2.75, 3.05) is 57.3 Å². The van der Waals surface area contributed by atoms with Crippen LogP contribution in [-0.2, 0) is 0 Å². The highest BCUT2D eigenvalue weighted by molar-refractivity contribution is 7.98. The highest BCUT2D eigenvalue weighted by Gasteiger charge is 2.27. The molecule has 1 aliphatic rings. The quantitative estimate of drug-likeness (QED) is 0.549. The van der Waals surface area contributed by atoms with E-state index in [-0.39, 0.29) is 24.2 Å². The number of amides is 1. The third-order valence-corrected chi connectivity index (χ3v) is 5.35. The van der Waals surface area contributed by atoms with Gasteiger partial charge in [-0.05, 0) is 12.3 Å². The van der Waals surface area contributed by atoms with Gasteiger partial charge < -0.3 is 29.4 Å². The molecule has 0 bridgehead atoms. The maximum absolute atomic E-state index is 12.6. The van der Waals surface area contributed by atoms with E-state index in [1.165, 1.54) is 11.8 Å². The lowest BCUT2D eigenvalue weighted by Crippen LogP contribution is -2.49. The Morgan fingerprint density at radius 3 is 2.39 bits per heavy atom. The van der Waals surface area contributed by atoms with Crippen molar-refractivity contribution in [3.63, 3.8) is 0 Å². The Morgan fingerprint density at radius 2 is 1.77 bits per heavy atom. The van der Waals surface area contributed by atoms with Crippen molar-refractivity contribution < 1.29 is 18.7 Å². The van der Waals surface area contributed by atoms with E-state index in [4.69, 9.17) is 19.6 Å². The van der Waals surface area contributed by atoms with Crippen LogP contribution in [0.3, 0.4) is 0 Å². The number of nitrogens with two attached hydrogens (primary N) is 1. The van der Waals surface area contributed by atoms with E-state index in [0.717, 1.165) is 0 Å². The summed E-state index contributed by atoms with van der Waals surface area (Å²) in [5, 5.41) is 8.67. The zero-order chi connectivity index (χ0) is 21.3. The number of aromatic nitrogens is 4. The average Bonchev–Trinajstić information content (AvgIpc) is 3.27. The van der Waals surface area contributed by atoms with Crippen molar-refractivity contribution in [3.05, 3.63) is 18.0 Å². The van der Waals surface area contributed by atoms with Crippen LogP contribution in [0.2, 0.25) is 0 Å². The summed E-state index contributed by atoms with van der Waals surface area (Å²) in [5.74, 6) is 1.70. The van der Waals surface area contributed by atoms with E-state index in [1.54, 1.807) is 31.3 Å². The lowest BCUT2D eigenvalue weighted by molar-refractivity contribution is 0.0700. The van der Waals surface area contributed by atoms with Crippen molar-refractivity contribution in [3.8, 4) is 11.5 Å². The summed E-state index contributed by atoms with van der Waals surface area (Å²) >= 11 is 1.29. The monoisotopic (exact) mass is 467 g/mol. The number of nitrogen functional groups attached to an aromatic ring is 1. The van der Waals surface area contributed by atoms with Crippen molar-refractivity contribution >= 4 is 52.7 Å². The summed E-state index contributed by atoms with van der Waals surface area (Å²) in [6.07, 6.45) is 1.81. The van der Waals surface area contributed by atoms with Gasteiger partial charge in [0, 0.05) is 37.6 Å². The maximum atomic E-state index is 12.6. The summed E-state index contributed by atoms with van der Waals surface area (Å²) in [4.78, 5) is 25.3. The molecule has 13 heteroatoms. The molecule has 1 aromatic carbocycles. The van der Waals surface area contributed by atoms with Crippen molar-refractivity contribution in [2.24, 2.45) is 0 Å². The van der Waals surface area contributed by atoms with Gasteiger partial charge in [-0.3, -0.25) is 4.79 Å². The molecule has 2 N–H and O–H groups in total. The SMILES string of the molecule is COc1cc2nc(N3CCN(C(=O)c4nnc(SC)o4)CC3)nc(N)c2cc1OC.Cl. The Labute approximate surface area is 188 Å². The molecule has 0 atom stereocenters. The lowest BCUT2D eigenvalue weighted by atomic mass is 10.2. The molecule has 166 valence electrons. The molecule has 1 saturated heterocycles. The van der Waals surface area contributed by atoms with Crippen LogP contribution in [-0.4, -0.2) is 77.6 Å². The molecule has 1 amide bonds. The topological polar surface area (TPSA) is 133 Å². The Bertz CT molecular complexity index is 1090. The summed E-state index contributed by atoms with van der Waals surface area (Å²) in [5.41, 5.74) is 6.83. The number of benzene rings is 1. The zero-order valence-corrected chi connectivity index (χ0v) is 18.8. The van der Waals surface area contributed by atoms with Crippen LogP contribution in [0.15, 0.2) is 21.8 Å². The molecule has 31 heavy (non-hydrogen) atoms. The Balaban J connectivity index is 0.00000272. The number of carbonyl (C=O) groups is 1. The van der Waals surface area contributed by atoms with Crippen LogP contribution in [0.4, 0.5) is 11.8 Å². The molecule has 4 rings (SSSR count). The highest BCUT2D eigenvalue weighted by Crippen LogP contribution is 2.34. The second kappa shape index (κ2) is 9.43. The van der Waals surface area contributed by atoms with E-state index >= 15 is 0 Å². The van der Waals surface area contributed by atoms with Gasteiger partial charge in [-0.1, -0.05) is 11.8 Å². The third-order valence-electron chi connectivity index (χ3n) is 4.83. The fraction of sp³-hybridized carbons (Fsp3) is 0.389. The normalized spacial score (nSPS) is 13.8. The standard InChI is InChI=1S/C18H21N7O4S.ClH/c1-27-12-8-10-11(9-13(12)28-2)20-17(21-14(10)19)25-6-4-24(5-7-25)16(26)15-22-23-18(29-15)30-3;/h8-9H,4-7H2,1-3H3,(H2,19,20,21);1H. The van der Waals surface area contributed by atoms with E-state index in [9.17, 15) is 4.79 Å². The van der Waals surface area contributed by atoms with Gasteiger partial charge in [0.25, 0.3) is 5.22 Å². The number of hydrogen-bond donors (Lipinski definition) is 1. The molecule has 3 heterocycles. The molecule has 11 nitrogen and oxygen atoms in total. The predicted molar refractivity (Wildman–Crippen MR) is 118 cm³/mol. The number of methoxy groups -OCH3 is 2. The van der Waals surface area contributed by atoms with Crippen molar-refractivity contribution in [2.45, 2.75) is 5.22 Å². The van der Waals surface area contributed by atoms with Crippen molar-refractivity contribution in [1.82, 2.24) is 25.1 Å². The summed E-state index contributed by atoms with van der Waals surface area (Å²) < 4.78 is 16.0. The number of rotatable bonds is 5. The first-order valence-electron chi connectivity index (χ1n) is 9.15. The Kier molecular flexibility index (Phi) is 6.91. The molecule has 0 spiro atoms.